The molecule has 1 N–H and O–H groups in total. The van der Waals surface area contributed by atoms with Crippen molar-refractivity contribution < 1.29 is 0 Å². The van der Waals surface area contributed by atoms with E-state index in [2.05, 4.69) is 37.2 Å². The molecular formula is C18H31N3. The Morgan fingerprint density at radius 2 is 2.05 bits per heavy atom. The highest BCUT2D eigenvalue weighted by molar-refractivity contribution is 5.46. The smallest absolute Gasteiger partial charge is 0.131 e. The third-order valence-electron chi connectivity index (χ3n) is 4.48. The van der Waals surface area contributed by atoms with E-state index >= 15 is 0 Å². The lowest BCUT2D eigenvalue weighted by Gasteiger charge is -2.28. The minimum Gasteiger partial charge on any atom is -0.359 e. The minimum absolute atomic E-state index is 0.857. The molecule has 118 valence electrons. The normalized spacial score (nSPS) is 16.1. The second kappa shape index (κ2) is 8.38. The number of pyridine rings is 1. The fourth-order valence-electron chi connectivity index (χ4n) is 3.38. The van der Waals surface area contributed by atoms with Crippen LogP contribution in [0.5, 0.6) is 0 Å². The van der Waals surface area contributed by atoms with Crippen LogP contribution in [0.15, 0.2) is 12.3 Å². The molecule has 0 spiro atoms. The Hall–Kier alpha value is -1.09. The Kier molecular flexibility index (Phi) is 6.50. The summed E-state index contributed by atoms with van der Waals surface area (Å²) in [6.07, 6.45) is 10.2. The average Bonchev–Trinajstić information content (AvgIpc) is 2.48. The van der Waals surface area contributed by atoms with Gasteiger partial charge in [-0.05, 0) is 55.8 Å². The molecule has 0 saturated heterocycles. The quantitative estimate of drug-likeness (QED) is 0.771. The van der Waals surface area contributed by atoms with Crippen LogP contribution in [-0.4, -0.2) is 25.1 Å². The number of hydrogen-bond donors (Lipinski definition) is 1. The average molecular weight is 289 g/mol. The Balaban J connectivity index is 1.92. The standard InChI is InChI=1S/C18H31N3/c1-4-10-19-12-17-11-15(2)18(20-13-17)21(3)14-16-8-6-5-7-9-16/h11,13,16,19H,4-10,12,14H2,1-3H3. The van der Waals surface area contributed by atoms with Gasteiger partial charge in [0.05, 0.1) is 0 Å². The van der Waals surface area contributed by atoms with Crippen LogP contribution in [-0.2, 0) is 6.54 Å². The minimum atomic E-state index is 0.857. The van der Waals surface area contributed by atoms with Crippen LogP contribution in [0.1, 0.15) is 56.6 Å². The molecule has 3 heteroatoms. The van der Waals surface area contributed by atoms with Gasteiger partial charge in [-0.3, -0.25) is 0 Å². The first-order chi connectivity index (χ1) is 10.2. The first-order valence-electron chi connectivity index (χ1n) is 8.58. The number of rotatable bonds is 7. The zero-order valence-electron chi connectivity index (χ0n) is 14.0. The highest BCUT2D eigenvalue weighted by Crippen LogP contribution is 2.26. The van der Waals surface area contributed by atoms with Gasteiger partial charge in [0.15, 0.2) is 0 Å². The van der Waals surface area contributed by atoms with Gasteiger partial charge in [-0.1, -0.05) is 26.2 Å². The molecule has 0 aliphatic heterocycles. The third kappa shape index (κ3) is 4.99. The molecule has 0 unspecified atom stereocenters. The Morgan fingerprint density at radius 1 is 1.29 bits per heavy atom. The molecule has 0 radical (unpaired) electrons. The van der Waals surface area contributed by atoms with E-state index in [9.17, 15) is 0 Å². The van der Waals surface area contributed by atoms with E-state index in [0.29, 0.717) is 0 Å². The number of hydrogen-bond acceptors (Lipinski definition) is 3. The molecule has 0 aromatic carbocycles. The van der Waals surface area contributed by atoms with Crippen molar-refractivity contribution in [3.05, 3.63) is 23.4 Å². The van der Waals surface area contributed by atoms with Crippen LogP contribution in [0.3, 0.4) is 0 Å². The first kappa shape index (κ1) is 16.3. The lowest BCUT2D eigenvalue weighted by atomic mass is 9.89. The number of aromatic nitrogens is 1. The molecule has 1 heterocycles. The summed E-state index contributed by atoms with van der Waals surface area (Å²) in [5.41, 5.74) is 2.58. The third-order valence-corrected chi connectivity index (χ3v) is 4.48. The fraction of sp³-hybridized carbons (Fsp3) is 0.722. The molecule has 3 nitrogen and oxygen atoms in total. The lowest BCUT2D eigenvalue weighted by molar-refractivity contribution is 0.361. The summed E-state index contributed by atoms with van der Waals surface area (Å²) in [6.45, 7) is 7.53. The molecule has 2 rings (SSSR count). The molecule has 1 aromatic heterocycles. The van der Waals surface area contributed by atoms with Crippen molar-refractivity contribution in [3.8, 4) is 0 Å². The molecule has 0 amide bonds. The van der Waals surface area contributed by atoms with E-state index in [4.69, 9.17) is 4.98 Å². The van der Waals surface area contributed by atoms with Gasteiger partial charge in [0, 0.05) is 26.3 Å². The van der Waals surface area contributed by atoms with Crippen molar-refractivity contribution in [2.45, 2.75) is 58.9 Å². The molecule has 1 aliphatic carbocycles. The Morgan fingerprint density at radius 3 is 2.71 bits per heavy atom. The number of nitrogens with one attached hydrogen (secondary N) is 1. The van der Waals surface area contributed by atoms with Crippen LogP contribution in [0, 0.1) is 12.8 Å². The largest absolute Gasteiger partial charge is 0.359 e. The van der Waals surface area contributed by atoms with E-state index in [-0.39, 0.29) is 0 Å². The highest BCUT2D eigenvalue weighted by Gasteiger charge is 2.17. The summed E-state index contributed by atoms with van der Waals surface area (Å²) < 4.78 is 0. The number of anilines is 1. The highest BCUT2D eigenvalue weighted by atomic mass is 15.2. The van der Waals surface area contributed by atoms with Gasteiger partial charge in [0.25, 0.3) is 0 Å². The maximum atomic E-state index is 4.71. The van der Waals surface area contributed by atoms with Crippen LogP contribution in [0.4, 0.5) is 5.82 Å². The maximum absolute atomic E-state index is 4.71. The summed E-state index contributed by atoms with van der Waals surface area (Å²) in [5.74, 6) is 2.01. The van der Waals surface area contributed by atoms with Crippen molar-refractivity contribution in [1.29, 1.82) is 0 Å². The predicted molar refractivity (Wildman–Crippen MR) is 90.8 cm³/mol. The van der Waals surface area contributed by atoms with Crippen molar-refractivity contribution >= 4 is 5.82 Å². The first-order valence-corrected chi connectivity index (χ1v) is 8.58. The summed E-state index contributed by atoms with van der Waals surface area (Å²) in [6, 6.07) is 2.28. The molecule has 0 bridgehead atoms. The van der Waals surface area contributed by atoms with Gasteiger partial charge in [-0.25, -0.2) is 4.98 Å². The van der Waals surface area contributed by atoms with E-state index in [0.717, 1.165) is 31.4 Å². The predicted octanol–water partition coefficient (Wildman–Crippen LogP) is 3.91. The van der Waals surface area contributed by atoms with Gasteiger partial charge in [0.2, 0.25) is 0 Å². The monoisotopic (exact) mass is 289 g/mol. The van der Waals surface area contributed by atoms with Gasteiger partial charge >= 0.3 is 0 Å². The van der Waals surface area contributed by atoms with Crippen molar-refractivity contribution in [3.63, 3.8) is 0 Å². The summed E-state index contributed by atoms with van der Waals surface area (Å²) in [4.78, 5) is 7.06. The van der Waals surface area contributed by atoms with E-state index in [1.807, 2.05) is 6.20 Å². The molecular weight excluding hydrogens is 258 g/mol. The molecule has 21 heavy (non-hydrogen) atoms. The van der Waals surface area contributed by atoms with Crippen LogP contribution >= 0.6 is 0 Å². The SMILES string of the molecule is CCCNCc1cnc(N(C)CC2CCCCC2)c(C)c1. The van der Waals surface area contributed by atoms with Crippen molar-refractivity contribution in [2.24, 2.45) is 5.92 Å². The lowest BCUT2D eigenvalue weighted by Crippen LogP contribution is -2.28. The second-order valence-corrected chi connectivity index (χ2v) is 6.55. The number of nitrogens with zero attached hydrogens (tertiary/aromatic N) is 2. The number of aryl methyl sites for hydroxylation is 1. The van der Waals surface area contributed by atoms with Crippen molar-refractivity contribution in [1.82, 2.24) is 10.3 Å². The van der Waals surface area contributed by atoms with Gasteiger partial charge in [-0.15, -0.1) is 0 Å². The van der Waals surface area contributed by atoms with Crippen molar-refractivity contribution in [2.75, 3.05) is 25.0 Å². The topological polar surface area (TPSA) is 28.2 Å². The van der Waals surface area contributed by atoms with Crippen LogP contribution in [0.25, 0.3) is 0 Å². The molecule has 1 saturated carbocycles. The molecule has 1 fully saturated rings. The van der Waals surface area contributed by atoms with E-state index in [1.54, 1.807) is 0 Å². The fourth-order valence-corrected chi connectivity index (χ4v) is 3.38. The molecule has 1 aromatic rings. The summed E-state index contributed by atoms with van der Waals surface area (Å²) in [5, 5.41) is 3.44. The van der Waals surface area contributed by atoms with Gasteiger partial charge in [0.1, 0.15) is 5.82 Å². The van der Waals surface area contributed by atoms with Gasteiger partial charge < -0.3 is 10.2 Å². The molecule has 1 aliphatic rings. The van der Waals surface area contributed by atoms with Crippen LogP contribution < -0.4 is 10.2 Å². The van der Waals surface area contributed by atoms with Crippen LogP contribution in [0.2, 0.25) is 0 Å². The Labute approximate surface area is 130 Å². The zero-order chi connectivity index (χ0) is 15.1. The Bertz CT molecular complexity index is 424. The maximum Gasteiger partial charge on any atom is 0.131 e. The summed E-state index contributed by atoms with van der Waals surface area (Å²) >= 11 is 0. The second-order valence-electron chi connectivity index (χ2n) is 6.55. The van der Waals surface area contributed by atoms with E-state index in [1.165, 1.54) is 49.7 Å². The zero-order valence-corrected chi connectivity index (χ0v) is 14.0. The summed E-state index contributed by atoms with van der Waals surface area (Å²) in [7, 11) is 2.19. The van der Waals surface area contributed by atoms with Gasteiger partial charge in [-0.2, -0.15) is 0 Å². The van der Waals surface area contributed by atoms with E-state index < -0.39 is 0 Å². The molecule has 0 atom stereocenters.